The van der Waals surface area contributed by atoms with Gasteiger partial charge in [0, 0.05) is 18.0 Å². The van der Waals surface area contributed by atoms with Gasteiger partial charge in [-0.2, -0.15) is 0 Å². The summed E-state index contributed by atoms with van der Waals surface area (Å²) < 4.78 is 19.6. The van der Waals surface area contributed by atoms with Crippen LogP contribution in [-0.2, 0) is 9.53 Å². The number of carbonyl (C=O) groups is 1. The lowest BCUT2D eigenvalue weighted by Crippen LogP contribution is -2.45. The van der Waals surface area contributed by atoms with E-state index in [1.54, 1.807) is 23.5 Å². The highest BCUT2D eigenvalue weighted by Gasteiger charge is 2.22. The Morgan fingerprint density at radius 3 is 2.96 bits per heavy atom. The van der Waals surface area contributed by atoms with Crippen molar-refractivity contribution in [2.24, 2.45) is 0 Å². The maximum absolute atomic E-state index is 13.2. The standard InChI is InChI=1S/C19H18FN3O2S2/c1-12-9-23(6-7-25-12)17(24)10-26-19-18-15(21-11-22-19)8-16(27-18)13-2-4-14(20)5-3-13/h2-5,8,11-12H,6-7,9-10H2,1H3. The number of amides is 1. The quantitative estimate of drug-likeness (QED) is 0.489. The Morgan fingerprint density at radius 1 is 1.37 bits per heavy atom. The van der Waals surface area contributed by atoms with Gasteiger partial charge in [-0.3, -0.25) is 4.79 Å². The number of halogens is 1. The Labute approximate surface area is 164 Å². The van der Waals surface area contributed by atoms with Gasteiger partial charge < -0.3 is 9.64 Å². The van der Waals surface area contributed by atoms with Crippen molar-refractivity contribution in [3.63, 3.8) is 0 Å². The van der Waals surface area contributed by atoms with Crippen LogP contribution in [0.2, 0.25) is 0 Å². The molecule has 0 saturated carbocycles. The summed E-state index contributed by atoms with van der Waals surface area (Å²) in [5, 5.41) is 0.799. The number of thioether (sulfide) groups is 1. The number of thiophene rings is 1. The fourth-order valence-corrected chi connectivity index (χ4v) is 5.06. The molecule has 1 aromatic carbocycles. The molecule has 0 radical (unpaired) electrons. The fraction of sp³-hybridized carbons (Fsp3) is 0.316. The average Bonchev–Trinajstić information content (AvgIpc) is 3.11. The molecule has 1 fully saturated rings. The molecule has 3 heterocycles. The summed E-state index contributed by atoms with van der Waals surface area (Å²) in [5.41, 5.74) is 1.78. The lowest BCUT2D eigenvalue weighted by atomic mass is 10.2. The number of rotatable bonds is 4. The summed E-state index contributed by atoms with van der Waals surface area (Å²) in [6.45, 7) is 3.83. The highest BCUT2D eigenvalue weighted by molar-refractivity contribution is 8.00. The summed E-state index contributed by atoms with van der Waals surface area (Å²) in [6.07, 6.45) is 1.60. The summed E-state index contributed by atoms with van der Waals surface area (Å²) in [4.78, 5) is 24.0. The zero-order valence-corrected chi connectivity index (χ0v) is 16.4. The highest BCUT2D eigenvalue weighted by Crippen LogP contribution is 2.37. The number of benzene rings is 1. The van der Waals surface area contributed by atoms with E-state index in [0.29, 0.717) is 25.4 Å². The second-order valence-corrected chi connectivity index (χ2v) is 8.34. The molecule has 0 aliphatic carbocycles. The third kappa shape index (κ3) is 4.12. The second-order valence-electron chi connectivity index (χ2n) is 6.32. The molecule has 8 heteroatoms. The number of carbonyl (C=O) groups excluding carboxylic acids is 1. The van der Waals surface area contributed by atoms with E-state index >= 15 is 0 Å². The van der Waals surface area contributed by atoms with Gasteiger partial charge in [0.15, 0.2) is 0 Å². The lowest BCUT2D eigenvalue weighted by Gasteiger charge is -2.31. The van der Waals surface area contributed by atoms with Gasteiger partial charge in [-0.05, 0) is 30.7 Å². The van der Waals surface area contributed by atoms with Crippen LogP contribution in [0, 0.1) is 5.82 Å². The molecule has 1 aliphatic heterocycles. The van der Waals surface area contributed by atoms with Gasteiger partial charge in [0.25, 0.3) is 0 Å². The molecule has 27 heavy (non-hydrogen) atoms. The van der Waals surface area contributed by atoms with Gasteiger partial charge in [-0.25, -0.2) is 14.4 Å². The smallest absolute Gasteiger partial charge is 0.233 e. The van der Waals surface area contributed by atoms with Crippen LogP contribution in [0.3, 0.4) is 0 Å². The van der Waals surface area contributed by atoms with Crippen molar-refractivity contribution in [1.82, 2.24) is 14.9 Å². The monoisotopic (exact) mass is 403 g/mol. The van der Waals surface area contributed by atoms with Crippen molar-refractivity contribution in [3.05, 3.63) is 42.5 Å². The molecule has 1 atom stereocenters. The topological polar surface area (TPSA) is 55.3 Å². The number of hydrogen-bond donors (Lipinski definition) is 0. The van der Waals surface area contributed by atoms with Gasteiger partial charge in [0.1, 0.15) is 17.2 Å². The predicted molar refractivity (Wildman–Crippen MR) is 106 cm³/mol. The molecular formula is C19H18FN3O2S2. The molecule has 1 saturated heterocycles. The molecule has 1 aliphatic rings. The van der Waals surface area contributed by atoms with E-state index in [-0.39, 0.29) is 17.8 Å². The van der Waals surface area contributed by atoms with E-state index in [9.17, 15) is 9.18 Å². The van der Waals surface area contributed by atoms with Gasteiger partial charge in [0.05, 0.1) is 28.7 Å². The first-order valence-electron chi connectivity index (χ1n) is 8.63. The van der Waals surface area contributed by atoms with Gasteiger partial charge in [-0.1, -0.05) is 23.9 Å². The van der Waals surface area contributed by atoms with E-state index in [0.717, 1.165) is 25.7 Å². The Balaban J connectivity index is 1.52. The van der Waals surface area contributed by atoms with E-state index in [1.807, 2.05) is 17.9 Å². The lowest BCUT2D eigenvalue weighted by molar-refractivity contribution is -0.135. The Hall–Kier alpha value is -2.03. The summed E-state index contributed by atoms with van der Waals surface area (Å²) in [7, 11) is 0. The Morgan fingerprint density at radius 2 is 2.19 bits per heavy atom. The normalized spacial score (nSPS) is 17.4. The number of ether oxygens (including phenoxy) is 1. The molecule has 5 nitrogen and oxygen atoms in total. The molecule has 4 rings (SSSR count). The number of nitrogens with zero attached hydrogens (tertiary/aromatic N) is 3. The molecule has 3 aromatic rings. The first-order chi connectivity index (χ1) is 13.1. The number of morpholine rings is 1. The van der Waals surface area contributed by atoms with Crippen LogP contribution in [0.1, 0.15) is 6.92 Å². The molecular weight excluding hydrogens is 385 g/mol. The van der Waals surface area contributed by atoms with E-state index in [4.69, 9.17) is 4.74 Å². The zero-order valence-electron chi connectivity index (χ0n) is 14.7. The maximum Gasteiger partial charge on any atom is 0.233 e. The van der Waals surface area contributed by atoms with Gasteiger partial charge >= 0.3 is 0 Å². The van der Waals surface area contributed by atoms with Crippen molar-refractivity contribution < 1.29 is 13.9 Å². The van der Waals surface area contributed by atoms with Crippen molar-refractivity contribution >= 4 is 39.2 Å². The molecule has 1 amide bonds. The van der Waals surface area contributed by atoms with E-state index in [1.165, 1.54) is 30.2 Å². The van der Waals surface area contributed by atoms with E-state index < -0.39 is 0 Å². The zero-order chi connectivity index (χ0) is 18.8. The van der Waals surface area contributed by atoms with Crippen molar-refractivity contribution in [3.8, 4) is 10.4 Å². The minimum atomic E-state index is -0.258. The predicted octanol–water partition coefficient (Wildman–Crippen LogP) is 3.84. The molecule has 0 N–H and O–H groups in total. The molecule has 0 spiro atoms. The van der Waals surface area contributed by atoms with Crippen LogP contribution < -0.4 is 0 Å². The van der Waals surface area contributed by atoms with Gasteiger partial charge in [-0.15, -0.1) is 11.3 Å². The van der Waals surface area contributed by atoms with Crippen LogP contribution >= 0.6 is 23.1 Å². The van der Waals surface area contributed by atoms with Crippen LogP contribution in [0.5, 0.6) is 0 Å². The van der Waals surface area contributed by atoms with Crippen molar-refractivity contribution in [2.75, 3.05) is 25.4 Å². The third-order valence-corrected chi connectivity index (χ3v) is 6.62. The van der Waals surface area contributed by atoms with Crippen LogP contribution in [0.25, 0.3) is 20.7 Å². The second kappa shape index (κ2) is 7.92. The maximum atomic E-state index is 13.2. The summed E-state index contributed by atoms with van der Waals surface area (Å²) >= 11 is 2.99. The molecule has 140 valence electrons. The first-order valence-corrected chi connectivity index (χ1v) is 10.4. The Kier molecular flexibility index (Phi) is 5.38. The highest BCUT2D eigenvalue weighted by atomic mass is 32.2. The first kappa shape index (κ1) is 18.3. The van der Waals surface area contributed by atoms with Crippen LogP contribution in [0.15, 0.2) is 41.7 Å². The van der Waals surface area contributed by atoms with Crippen LogP contribution in [-0.4, -0.2) is 52.3 Å². The van der Waals surface area contributed by atoms with Gasteiger partial charge in [0.2, 0.25) is 5.91 Å². The Bertz CT molecular complexity index is 961. The average molecular weight is 404 g/mol. The molecule has 2 aromatic heterocycles. The van der Waals surface area contributed by atoms with Crippen LogP contribution in [0.4, 0.5) is 4.39 Å². The number of hydrogen-bond acceptors (Lipinski definition) is 6. The largest absolute Gasteiger partial charge is 0.375 e. The van der Waals surface area contributed by atoms with Crippen molar-refractivity contribution in [1.29, 1.82) is 0 Å². The molecule has 1 unspecified atom stereocenters. The fourth-order valence-electron chi connectivity index (χ4n) is 2.96. The minimum absolute atomic E-state index is 0.0778. The summed E-state index contributed by atoms with van der Waals surface area (Å²) in [6, 6.07) is 8.38. The number of aromatic nitrogens is 2. The van der Waals surface area contributed by atoms with Crippen molar-refractivity contribution in [2.45, 2.75) is 18.1 Å². The number of fused-ring (bicyclic) bond motifs is 1. The SMILES string of the molecule is CC1CN(C(=O)CSc2ncnc3cc(-c4ccc(F)cc4)sc23)CCO1. The molecule has 0 bridgehead atoms. The van der Waals surface area contributed by atoms with E-state index in [2.05, 4.69) is 9.97 Å². The minimum Gasteiger partial charge on any atom is -0.375 e. The third-order valence-electron chi connectivity index (χ3n) is 4.33. The summed E-state index contributed by atoms with van der Waals surface area (Å²) in [5.74, 6) is 0.173.